The molecule has 20 heavy (non-hydrogen) atoms. The van der Waals surface area contributed by atoms with Crippen LogP contribution in [-0.2, 0) is 11.2 Å². The molecule has 5 heteroatoms. The van der Waals surface area contributed by atoms with E-state index in [1.165, 1.54) is 0 Å². The number of aromatic nitrogens is 1. The van der Waals surface area contributed by atoms with Gasteiger partial charge in [-0.05, 0) is 44.4 Å². The highest BCUT2D eigenvalue weighted by atomic mass is 35.5. The van der Waals surface area contributed by atoms with Gasteiger partial charge in [-0.15, -0.1) is 12.4 Å². The molecule has 1 amide bonds. The van der Waals surface area contributed by atoms with E-state index in [1.807, 2.05) is 18.2 Å². The van der Waals surface area contributed by atoms with E-state index >= 15 is 0 Å². The Hall–Kier alpha value is -1.13. The van der Waals surface area contributed by atoms with Crippen LogP contribution in [0, 0.1) is 5.92 Å². The van der Waals surface area contributed by atoms with Gasteiger partial charge in [-0.1, -0.05) is 13.0 Å². The molecular weight excluding hydrogens is 274 g/mol. The molecule has 3 unspecified atom stereocenters. The Morgan fingerprint density at radius 2 is 2.25 bits per heavy atom. The second-order valence-electron chi connectivity index (χ2n) is 5.42. The summed E-state index contributed by atoms with van der Waals surface area (Å²) in [5.74, 6) is 0.660. The van der Waals surface area contributed by atoms with Gasteiger partial charge in [-0.3, -0.25) is 9.78 Å². The Morgan fingerprint density at radius 1 is 1.45 bits per heavy atom. The van der Waals surface area contributed by atoms with Gasteiger partial charge in [0.05, 0.1) is 0 Å². The van der Waals surface area contributed by atoms with Crippen molar-refractivity contribution in [2.24, 2.45) is 5.92 Å². The van der Waals surface area contributed by atoms with Crippen LogP contribution < -0.4 is 10.6 Å². The summed E-state index contributed by atoms with van der Waals surface area (Å²) in [5.41, 5.74) is 0.973. The summed E-state index contributed by atoms with van der Waals surface area (Å²) in [5, 5.41) is 6.57. The summed E-state index contributed by atoms with van der Waals surface area (Å²) in [6.07, 6.45) is 4.10. The first-order valence-corrected chi connectivity index (χ1v) is 7.09. The van der Waals surface area contributed by atoms with E-state index in [1.54, 1.807) is 6.20 Å². The Kier molecular flexibility index (Phi) is 6.96. The maximum atomic E-state index is 12.0. The van der Waals surface area contributed by atoms with Crippen molar-refractivity contribution in [1.29, 1.82) is 0 Å². The van der Waals surface area contributed by atoms with Crippen LogP contribution in [0.4, 0.5) is 0 Å². The standard InChI is InChI=1S/C15H23N3O.ClH/c1-11-8-10-16-12(2)15(11)18-14(19)7-6-13-5-3-4-9-17-13;/h3-5,9,11-12,15-16H,6-8,10H2,1-2H3,(H,18,19);1H. The topological polar surface area (TPSA) is 54.0 Å². The van der Waals surface area contributed by atoms with Gasteiger partial charge in [0.1, 0.15) is 0 Å². The number of nitrogens with zero attached hydrogens (tertiary/aromatic N) is 1. The average molecular weight is 298 g/mol. The Labute approximate surface area is 127 Å². The van der Waals surface area contributed by atoms with Gasteiger partial charge in [0.15, 0.2) is 0 Å². The zero-order valence-corrected chi connectivity index (χ0v) is 13.0. The van der Waals surface area contributed by atoms with Crippen molar-refractivity contribution in [3.05, 3.63) is 30.1 Å². The lowest BCUT2D eigenvalue weighted by Crippen LogP contribution is -2.55. The van der Waals surface area contributed by atoms with E-state index in [2.05, 4.69) is 29.5 Å². The van der Waals surface area contributed by atoms with Gasteiger partial charge in [-0.25, -0.2) is 0 Å². The van der Waals surface area contributed by atoms with Gasteiger partial charge in [0.25, 0.3) is 0 Å². The lowest BCUT2D eigenvalue weighted by molar-refractivity contribution is -0.122. The SMILES string of the molecule is CC1CCNC(C)C1NC(=O)CCc1ccccn1.Cl. The normalized spacial score (nSPS) is 25.6. The molecule has 2 rings (SSSR count). The summed E-state index contributed by atoms with van der Waals surface area (Å²) < 4.78 is 0. The van der Waals surface area contributed by atoms with Crippen molar-refractivity contribution < 1.29 is 4.79 Å². The third-order valence-corrected chi connectivity index (χ3v) is 3.88. The van der Waals surface area contributed by atoms with Crippen LogP contribution in [0.3, 0.4) is 0 Å². The molecule has 0 aromatic carbocycles. The summed E-state index contributed by atoms with van der Waals surface area (Å²) in [6.45, 7) is 5.39. The first kappa shape index (κ1) is 16.9. The number of rotatable bonds is 4. The molecule has 1 aromatic heterocycles. The minimum atomic E-state index is 0. The number of hydrogen-bond donors (Lipinski definition) is 2. The van der Waals surface area contributed by atoms with Crippen LogP contribution in [-0.4, -0.2) is 29.5 Å². The molecule has 0 aliphatic carbocycles. The first-order chi connectivity index (χ1) is 9.16. The number of nitrogens with one attached hydrogen (secondary N) is 2. The third kappa shape index (κ3) is 4.76. The van der Waals surface area contributed by atoms with Crippen molar-refractivity contribution in [1.82, 2.24) is 15.6 Å². The average Bonchev–Trinajstić information content (AvgIpc) is 2.42. The fourth-order valence-corrected chi connectivity index (χ4v) is 2.65. The Morgan fingerprint density at radius 3 is 2.90 bits per heavy atom. The van der Waals surface area contributed by atoms with Gasteiger partial charge in [-0.2, -0.15) is 0 Å². The molecule has 0 saturated carbocycles. The van der Waals surface area contributed by atoms with Crippen molar-refractivity contribution >= 4 is 18.3 Å². The van der Waals surface area contributed by atoms with Crippen molar-refractivity contribution in [2.75, 3.05) is 6.54 Å². The van der Waals surface area contributed by atoms with Crippen LogP contribution in [0.2, 0.25) is 0 Å². The van der Waals surface area contributed by atoms with E-state index in [0.717, 1.165) is 18.7 Å². The van der Waals surface area contributed by atoms with E-state index in [-0.39, 0.29) is 24.4 Å². The third-order valence-electron chi connectivity index (χ3n) is 3.88. The van der Waals surface area contributed by atoms with E-state index in [0.29, 0.717) is 24.8 Å². The number of amides is 1. The molecule has 0 radical (unpaired) electrons. The van der Waals surface area contributed by atoms with E-state index < -0.39 is 0 Å². The minimum absolute atomic E-state index is 0. The van der Waals surface area contributed by atoms with Gasteiger partial charge in [0, 0.05) is 30.4 Å². The zero-order chi connectivity index (χ0) is 13.7. The molecule has 1 fully saturated rings. The number of carbonyl (C=O) groups excluding carboxylic acids is 1. The lowest BCUT2D eigenvalue weighted by atomic mass is 9.89. The van der Waals surface area contributed by atoms with Crippen LogP contribution in [0.5, 0.6) is 0 Å². The molecule has 4 nitrogen and oxygen atoms in total. The zero-order valence-electron chi connectivity index (χ0n) is 12.1. The Bertz CT molecular complexity index is 403. The van der Waals surface area contributed by atoms with Gasteiger partial charge < -0.3 is 10.6 Å². The van der Waals surface area contributed by atoms with Crippen molar-refractivity contribution in [3.8, 4) is 0 Å². The molecule has 2 heterocycles. The summed E-state index contributed by atoms with van der Waals surface area (Å²) >= 11 is 0. The van der Waals surface area contributed by atoms with E-state index in [9.17, 15) is 4.79 Å². The first-order valence-electron chi connectivity index (χ1n) is 7.09. The van der Waals surface area contributed by atoms with Gasteiger partial charge >= 0.3 is 0 Å². The summed E-state index contributed by atoms with van der Waals surface area (Å²) in [6, 6.07) is 6.39. The predicted molar refractivity (Wildman–Crippen MR) is 83.0 cm³/mol. The molecule has 0 bridgehead atoms. The largest absolute Gasteiger partial charge is 0.352 e. The molecule has 1 aliphatic heterocycles. The summed E-state index contributed by atoms with van der Waals surface area (Å²) in [7, 11) is 0. The smallest absolute Gasteiger partial charge is 0.220 e. The number of aryl methyl sites for hydroxylation is 1. The quantitative estimate of drug-likeness (QED) is 0.893. The van der Waals surface area contributed by atoms with E-state index in [4.69, 9.17) is 0 Å². The fourth-order valence-electron chi connectivity index (χ4n) is 2.65. The molecule has 0 spiro atoms. The van der Waals surface area contributed by atoms with Gasteiger partial charge in [0.2, 0.25) is 5.91 Å². The number of piperidine rings is 1. The molecule has 3 atom stereocenters. The highest BCUT2D eigenvalue weighted by Gasteiger charge is 2.28. The number of pyridine rings is 1. The molecule has 1 aliphatic rings. The second kappa shape index (κ2) is 8.22. The lowest BCUT2D eigenvalue weighted by Gasteiger charge is -2.36. The van der Waals surface area contributed by atoms with Crippen molar-refractivity contribution in [3.63, 3.8) is 0 Å². The predicted octanol–water partition coefficient (Wildman–Crippen LogP) is 1.94. The second-order valence-corrected chi connectivity index (χ2v) is 5.42. The van der Waals surface area contributed by atoms with Crippen LogP contribution >= 0.6 is 12.4 Å². The van der Waals surface area contributed by atoms with Crippen LogP contribution in [0.1, 0.15) is 32.4 Å². The molecular formula is C15H24ClN3O. The minimum Gasteiger partial charge on any atom is -0.352 e. The van der Waals surface area contributed by atoms with Crippen LogP contribution in [0.25, 0.3) is 0 Å². The molecule has 1 saturated heterocycles. The molecule has 1 aromatic rings. The Balaban J connectivity index is 0.00000200. The number of hydrogen-bond acceptors (Lipinski definition) is 3. The highest BCUT2D eigenvalue weighted by molar-refractivity contribution is 5.85. The number of halogens is 1. The van der Waals surface area contributed by atoms with Crippen LogP contribution in [0.15, 0.2) is 24.4 Å². The molecule has 112 valence electrons. The van der Waals surface area contributed by atoms with Crippen molar-refractivity contribution in [2.45, 2.75) is 45.2 Å². The number of carbonyl (C=O) groups is 1. The fraction of sp³-hybridized carbons (Fsp3) is 0.600. The maximum absolute atomic E-state index is 12.0. The highest BCUT2D eigenvalue weighted by Crippen LogP contribution is 2.16. The maximum Gasteiger partial charge on any atom is 0.220 e. The summed E-state index contributed by atoms with van der Waals surface area (Å²) in [4.78, 5) is 16.2. The monoisotopic (exact) mass is 297 g/mol. The molecule has 2 N–H and O–H groups in total.